The Morgan fingerprint density at radius 2 is 1.62 bits per heavy atom. The minimum Gasteiger partial charge on any atom is -0.353 e. The summed E-state index contributed by atoms with van der Waals surface area (Å²) < 4.78 is 0. The molecule has 0 saturated heterocycles. The molecule has 2 fully saturated rings. The fourth-order valence-electron chi connectivity index (χ4n) is 3.27. The normalized spacial score (nSPS) is 25.5. The maximum atomic E-state index is 11.9. The standard InChI is InChI=1S/C18H26N2O/c21-18(12-13-19-16-10-11-16)20-17-8-6-15(7-9-17)14-4-2-1-3-5-14/h1-5,15-17,19H,6-13H2,(H,20,21). The Morgan fingerprint density at radius 3 is 2.29 bits per heavy atom. The molecule has 21 heavy (non-hydrogen) atoms. The molecule has 2 aliphatic carbocycles. The van der Waals surface area contributed by atoms with Crippen LogP contribution in [0.4, 0.5) is 0 Å². The topological polar surface area (TPSA) is 41.1 Å². The van der Waals surface area contributed by atoms with Crippen LogP contribution in [0.5, 0.6) is 0 Å². The summed E-state index contributed by atoms with van der Waals surface area (Å²) >= 11 is 0. The average molecular weight is 286 g/mol. The molecule has 0 aliphatic heterocycles. The molecule has 3 heteroatoms. The summed E-state index contributed by atoms with van der Waals surface area (Å²) in [5, 5.41) is 6.60. The molecule has 114 valence electrons. The van der Waals surface area contributed by atoms with Crippen molar-refractivity contribution in [2.45, 2.75) is 62.9 Å². The van der Waals surface area contributed by atoms with Crippen molar-refractivity contribution >= 4 is 5.91 Å². The van der Waals surface area contributed by atoms with Gasteiger partial charge in [-0.25, -0.2) is 0 Å². The highest BCUT2D eigenvalue weighted by Crippen LogP contribution is 2.32. The minimum atomic E-state index is 0.214. The number of amides is 1. The van der Waals surface area contributed by atoms with E-state index in [9.17, 15) is 4.79 Å². The van der Waals surface area contributed by atoms with E-state index < -0.39 is 0 Å². The highest BCUT2D eigenvalue weighted by Gasteiger charge is 2.24. The fraction of sp³-hybridized carbons (Fsp3) is 0.611. The molecule has 2 aliphatic rings. The second-order valence-electron chi connectivity index (χ2n) is 6.51. The van der Waals surface area contributed by atoms with Gasteiger partial charge in [-0.05, 0) is 50.0 Å². The first-order valence-corrected chi connectivity index (χ1v) is 8.39. The molecule has 1 aromatic rings. The number of benzene rings is 1. The van der Waals surface area contributed by atoms with Gasteiger partial charge in [0.05, 0.1) is 0 Å². The molecule has 2 N–H and O–H groups in total. The zero-order chi connectivity index (χ0) is 14.5. The maximum Gasteiger partial charge on any atom is 0.221 e. The zero-order valence-electron chi connectivity index (χ0n) is 12.7. The van der Waals surface area contributed by atoms with E-state index in [1.807, 2.05) is 0 Å². The molecule has 1 amide bonds. The second-order valence-corrected chi connectivity index (χ2v) is 6.51. The van der Waals surface area contributed by atoms with Crippen molar-refractivity contribution in [1.29, 1.82) is 0 Å². The number of carbonyl (C=O) groups excluding carboxylic acids is 1. The van der Waals surface area contributed by atoms with Crippen molar-refractivity contribution in [2.75, 3.05) is 6.54 Å². The van der Waals surface area contributed by atoms with Crippen LogP contribution in [0.2, 0.25) is 0 Å². The first kappa shape index (κ1) is 14.6. The lowest BCUT2D eigenvalue weighted by atomic mass is 9.82. The molecule has 2 saturated carbocycles. The third-order valence-electron chi connectivity index (χ3n) is 4.73. The summed E-state index contributed by atoms with van der Waals surface area (Å²) in [5.41, 5.74) is 1.45. The predicted molar refractivity (Wildman–Crippen MR) is 85.2 cm³/mol. The van der Waals surface area contributed by atoms with Crippen molar-refractivity contribution in [1.82, 2.24) is 10.6 Å². The molecule has 0 aromatic heterocycles. The molecular weight excluding hydrogens is 260 g/mol. The summed E-state index contributed by atoms with van der Waals surface area (Å²) in [6.07, 6.45) is 7.79. The summed E-state index contributed by atoms with van der Waals surface area (Å²) in [6, 6.07) is 11.9. The molecule has 0 heterocycles. The lowest BCUT2D eigenvalue weighted by Crippen LogP contribution is -2.38. The fourth-order valence-corrected chi connectivity index (χ4v) is 3.27. The van der Waals surface area contributed by atoms with Crippen LogP contribution in [0.3, 0.4) is 0 Å². The van der Waals surface area contributed by atoms with Crippen LogP contribution >= 0.6 is 0 Å². The van der Waals surface area contributed by atoms with Gasteiger partial charge in [0, 0.05) is 25.0 Å². The number of carbonyl (C=O) groups is 1. The zero-order valence-corrected chi connectivity index (χ0v) is 12.7. The van der Waals surface area contributed by atoms with Gasteiger partial charge in [-0.3, -0.25) is 4.79 Å². The quantitative estimate of drug-likeness (QED) is 0.844. The third-order valence-corrected chi connectivity index (χ3v) is 4.73. The highest BCUT2D eigenvalue weighted by atomic mass is 16.1. The number of nitrogens with one attached hydrogen (secondary N) is 2. The van der Waals surface area contributed by atoms with Crippen LogP contribution in [-0.4, -0.2) is 24.5 Å². The van der Waals surface area contributed by atoms with Crippen LogP contribution in [0.15, 0.2) is 30.3 Å². The third kappa shape index (κ3) is 4.57. The van der Waals surface area contributed by atoms with E-state index in [1.165, 1.54) is 31.2 Å². The average Bonchev–Trinajstić information content (AvgIpc) is 3.33. The van der Waals surface area contributed by atoms with E-state index in [2.05, 4.69) is 41.0 Å². The Hall–Kier alpha value is -1.35. The SMILES string of the molecule is O=C(CCNC1CC1)NC1CCC(c2ccccc2)CC1. The monoisotopic (exact) mass is 286 g/mol. The maximum absolute atomic E-state index is 11.9. The van der Waals surface area contributed by atoms with E-state index in [-0.39, 0.29) is 5.91 Å². The van der Waals surface area contributed by atoms with Crippen LogP contribution in [0.25, 0.3) is 0 Å². The van der Waals surface area contributed by atoms with Gasteiger partial charge in [-0.15, -0.1) is 0 Å². The van der Waals surface area contributed by atoms with E-state index in [0.29, 0.717) is 24.4 Å². The Morgan fingerprint density at radius 1 is 0.952 bits per heavy atom. The van der Waals surface area contributed by atoms with Crippen LogP contribution in [-0.2, 0) is 4.79 Å². The van der Waals surface area contributed by atoms with Gasteiger partial charge in [-0.1, -0.05) is 30.3 Å². The van der Waals surface area contributed by atoms with Crippen LogP contribution < -0.4 is 10.6 Å². The number of rotatable bonds is 6. The Labute approximate surface area is 127 Å². The number of hydrogen-bond acceptors (Lipinski definition) is 2. The van der Waals surface area contributed by atoms with Crippen molar-refractivity contribution < 1.29 is 4.79 Å². The Bertz CT molecular complexity index is 448. The highest BCUT2D eigenvalue weighted by molar-refractivity contribution is 5.76. The van der Waals surface area contributed by atoms with E-state index >= 15 is 0 Å². The van der Waals surface area contributed by atoms with Crippen LogP contribution in [0.1, 0.15) is 56.4 Å². The minimum absolute atomic E-state index is 0.214. The molecule has 0 spiro atoms. The number of hydrogen-bond donors (Lipinski definition) is 2. The van der Waals surface area contributed by atoms with E-state index in [4.69, 9.17) is 0 Å². The lowest BCUT2D eigenvalue weighted by Gasteiger charge is -2.29. The van der Waals surface area contributed by atoms with Gasteiger partial charge in [0.1, 0.15) is 0 Å². The second kappa shape index (κ2) is 7.08. The summed E-state index contributed by atoms with van der Waals surface area (Å²) in [7, 11) is 0. The van der Waals surface area contributed by atoms with E-state index in [1.54, 1.807) is 0 Å². The van der Waals surface area contributed by atoms with E-state index in [0.717, 1.165) is 19.4 Å². The molecule has 0 bridgehead atoms. The molecule has 0 atom stereocenters. The van der Waals surface area contributed by atoms with Gasteiger partial charge in [0.15, 0.2) is 0 Å². The van der Waals surface area contributed by atoms with Gasteiger partial charge >= 0.3 is 0 Å². The molecule has 0 radical (unpaired) electrons. The smallest absolute Gasteiger partial charge is 0.221 e. The Kier molecular flexibility index (Phi) is 4.91. The van der Waals surface area contributed by atoms with Crippen molar-refractivity contribution in [2.24, 2.45) is 0 Å². The largest absolute Gasteiger partial charge is 0.353 e. The summed E-state index contributed by atoms with van der Waals surface area (Å²) in [5.74, 6) is 0.891. The van der Waals surface area contributed by atoms with Gasteiger partial charge < -0.3 is 10.6 Å². The van der Waals surface area contributed by atoms with Crippen molar-refractivity contribution in [3.05, 3.63) is 35.9 Å². The molecule has 1 aromatic carbocycles. The lowest BCUT2D eigenvalue weighted by molar-refractivity contribution is -0.121. The van der Waals surface area contributed by atoms with Crippen molar-refractivity contribution in [3.8, 4) is 0 Å². The van der Waals surface area contributed by atoms with Crippen molar-refractivity contribution in [3.63, 3.8) is 0 Å². The van der Waals surface area contributed by atoms with Gasteiger partial charge in [0.25, 0.3) is 0 Å². The van der Waals surface area contributed by atoms with Crippen LogP contribution in [0, 0.1) is 0 Å². The summed E-state index contributed by atoms with van der Waals surface area (Å²) in [4.78, 5) is 11.9. The van der Waals surface area contributed by atoms with Gasteiger partial charge in [0.2, 0.25) is 5.91 Å². The van der Waals surface area contributed by atoms with Gasteiger partial charge in [-0.2, -0.15) is 0 Å². The molecular formula is C18H26N2O. The summed E-state index contributed by atoms with van der Waals surface area (Å²) in [6.45, 7) is 0.829. The first-order chi connectivity index (χ1) is 10.3. The molecule has 0 unspecified atom stereocenters. The molecule has 3 nitrogen and oxygen atoms in total. The predicted octanol–water partition coefficient (Wildman–Crippen LogP) is 2.97. The Balaban J connectivity index is 1.36. The first-order valence-electron chi connectivity index (χ1n) is 8.39. The molecule has 3 rings (SSSR count).